The molecule has 0 saturated heterocycles. The standard InChI is InChI=1S/C16H13BrN2O2S/c1-10-7-15(22-9-10)14-8-13(16(20)21-2)18-19(14)12-5-3-11(17)4-6-12/h3-9H,1-2H3. The van der Waals surface area contributed by atoms with Crippen LogP contribution in [-0.4, -0.2) is 22.9 Å². The van der Waals surface area contributed by atoms with Crippen LogP contribution in [0.1, 0.15) is 16.1 Å². The SMILES string of the molecule is COC(=O)c1cc(-c2cc(C)cs2)n(-c2ccc(Br)cc2)n1. The van der Waals surface area contributed by atoms with Crippen molar-refractivity contribution in [3.63, 3.8) is 0 Å². The van der Waals surface area contributed by atoms with Crippen molar-refractivity contribution in [3.8, 4) is 16.3 Å². The third kappa shape index (κ3) is 2.84. The van der Waals surface area contributed by atoms with Crippen molar-refractivity contribution in [1.29, 1.82) is 0 Å². The molecule has 0 aliphatic carbocycles. The van der Waals surface area contributed by atoms with Crippen molar-refractivity contribution < 1.29 is 9.53 Å². The molecular formula is C16H13BrN2O2S. The lowest BCUT2D eigenvalue weighted by Gasteiger charge is -2.06. The second-order valence-electron chi connectivity index (χ2n) is 4.78. The van der Waals surface area contributed by atoms with Gasteiger partial charge in [0.15, 0.2) is 5.69 Å². The summed E-state index contributed by atoms with van der Waals surface area (Å²) < 4.78 is 7.54. The summed E-state index contributed by atoms with van der Waals surface area (Å²) in [4.78, 5) is 12.9. The molecule has 0 atom stereocenters. The van der Waals surface area contributed by atoms with Crippen molar-refractivity contribution in [1.82, 2.24) is 9.78 Å². The maximum atomic E-state index is 11.8. The van der Waals surface area contributed by atoms with E-state index in [0.29, 0.717) is 5.69 Å². The van der Waals surface area contributed by atoms with Gasteiger partial charge >= 0.3 is 5.97 Å². The Morgan fingerprint density at radius 1 is 1.27 bits per heavy atom. The van der Waals surface area contributed by atoms with E-state index in [2.05, 4.69) is 32.5 Å². The molecule has 112 valence electrons. The second-order valence-corrected chi connectivity index (χ2v) is 6.61. The molecule has 2 aromatic heterocycles. The number of ether oxygens (including phenoxy) is 1. The van der Waals surface area contributed by atoms with Gasteiger partial charge in [0, 0.05) is 10.5 Å². The summed E-state index contributed by atoms with van der Waals surface area (Å²) in [5.74, 6) is -0.439. The molecule has 3 aromatic rings. The first-order valence-corrected chi connectivity index (χ1v) is 8.25. The minimum Gasteiger partial charge on any atom is -0.464 e. The average molecular weight is 377 g/mol. The van der Waals surface area contributed by atoms with Gasteiger partial charge in [0.1, 0.15) is 0 Å². The smallest absolute Gasteiger partial charge is 0.358 e. The molecule has 0 unspecified atom stereocenters. The molecule has 0 N–H and O–H groups in total. The largest absolute Gasteiger partial charge is 0.464 e. The molecule has 0 spiro atoms. The predicted molar refractivity (Wildman–Crippen MR) is 90.7 cm³/mol. The van der Waals surface area contributed by atoms with Crippen molar-refractivity contribution in [2.75, 3.05) is 7.11 Å². The highest BCUT2D eigenvalue weighted by Crippen LogP contribution is 2.30. The molecule has 3 rings (SSSR count). The van der Waals surface area contributed by atoms with Crippen molar-refractivity contribution >= 4 is 33.2 Å². The molecule has 0 aliphatic rings. The molecule has 0 aliphatic heterocycles. The van der Waals surface area contributed by atoms with Crippen molar-refractivity contribution in [2.24, 2.45) is 0 Å². The predicted octanol–water partition coefficient (Wildman–Crippen LogP) is 4.46. The molecule has 0 saturated carbocycles. The van der Waals surface area contributed by atoms with Gasteiger partial charge in [0.2, 0.25) is 0 Å². The van der Waals surface area contributed by atoms with Crippen LogP contribution >= 0.6 is 27.3 Å². The molecule has 0 radical (unpaired) electrons. The van der Waals surface area contributed by atoms with E-state index in [4.69, 9.17) is 4.74 Å². The number of nitrogens with zero attached hydrogens (tertiary/aromatic N) is 2. The minimum absolute atomic E-state index is 0.298. The molecule has 0 fully saturated rings. The highest BCUT2D eigenvalue weighted by Gasteiger charge is 2.18. The first-order chi connectivity index (χ1) is 10.6. The zero-order valence-corrected chi connectivity index (χ0v) is 14.4. The van der Waals surface area contributed by atoms with Crippen LogP contribution in [0.2, 0.25) is 0 Å². The number of halogens is 1. The molecule has 1 aromatic carbocycles. The van der Waals surface area contributed by atoms with Gasteiger partial charge in [0.25, 0.3) is 0 Å². The molecule has 6 heteroatoms. The van der Waals surface area contributed by atoms with Gasteiger partial charge in [-0.05, 0) is 48.2 Å². The fourth-order valence-corrected chi connectivity index (χ4v) is 3.27. The van der Waals surface area contributed by atoms with Crippen LogP contribution in [0.15, 0.2) is 46.3 Å². The van der Waals surface area contributed by atoms with E-state index in [1.165, 1.54) is 12.7 Å². The Balaban J connectivity index is 2.16. The van der Waals surface area contributed by atoms with Crippen LogP contribution in [0.25, 0.3) is 16.3 Å². The van der Waals surface area contributed by atoms with Gasteiger partial charge in [-0.25, -0.2) is 9.48 Å². The lowest BCUT2D eigenvalue weighted by molar-refractivity contribution is 0.0593. The number of thiophene rings is 1. The maximum Gasteiger partial charge on any atom is 0.358 e. The summed E-state index contributed by atoms with van der Waals surface area (Å²) in [6.45, 7) is 2.04. The lowest BCUT2D eigenvalue weighted by atomic mass is 10.2. The molecule has 0 bridgehead atoms. The summed E-state index contributed by atoms with van der Waals surface area (Å²) >= 11 is 5.05. The monoisotopic (exact) mass is 376 g/mol. The van der Waals surface area contributed by atoms with E-state index in [1.54, 1.807) is 22.1 Å². The van der Waals surface area contributed by atoms with Gasteiger partial charge in [0.05, 0.1) is 23.4 Å². The number of aryl methyl sites for hydroxylation is 1. The Labute approximate surface area is 140 Å². The van der Waals surface area contributed by atoms with E-state index < -0.39 is 5.97 Å². The number of benzene rings is 1. The fraction of sp³-hybridized carbons (Fsp3) is 0.125. The summed E-state index contributed by atoms with van der Waals surface area (Å²) in [5.41, 5.74) is 3.25. The minimum atomic E-state index is -0.439. The third-order valence-corrected chi connectivity index (χ3v) is 4.76. The molecule has 4 nitrogen and oxygen atoms in total. The number of rotatable bonds is 3. The Hall–Kier alpha value is -1.92. The Morgan fingerprint density at radius 3 is 2.59 bits per heavy atom. The second kappa shape index (κ2) is 6.06. The van der Waals surface area contributed by atoms with Crippen LogP contribution in [0.5, 0.6) is 0 Å². The summed E-state index contributed by atoms with van der Waals surface area (Å²) in [5, 5.41) is 6.48. The van der Waals surface area contributed by atoms with E-state index in [9.17, 15) is 4.79 Å². The van der Waals surface area contributed by atoms with Crippen molar-refractivity contribution in [2.45, 2.75) is 6.92 Å². The number of carbonyl (C=O) groups is 1. The van der Waals surface area contributed by atoms with Crippen molar-refractivity contribution in [3.05, 3.63) is 57.5 Å². The normalized spacial score (nSPS) is 10.7. The first kappa shape index (κ1) is 15.0. The summed E-state index contributed by atoms with van der Waals surface area (Å²) in [6, 6.07) is 11.6. The summed E-state index contributed by atoms with van der Waals surface area (Å²) in [6.07, 6.45) is 0. The Kier molecular flexibility index (Phi) is 4.13. The Bertz CT molecular complexity index is 821. The molecule has 2 heterocycles. The van der Waals surface area contributed by atoms with Gasteiger partial charge in [-0.15, -0.1) is 11.3 Å². The van der Waals surface area contributed by atoms with Crippen LogP contribution < -0.4 is 0 Å². The van der Waals surface area contributed by atoms with E-state index in [-0.39, 0.29) is 0 Å². The Morgan fingerprint density at radius 2 is 2.00 bits per heavy atom. The number of methoxy groups -OCH3 is 1. The lowest BCUT2D eigenvalue weighted by Crippen LogP contribution is -2.04. The maximum absolute atomic E-state index is 11.8. The van der Waals surface area contributed by atoms with Crippen LogP contribution in [0.4, 0.5) is 0 Å². The molecular weight excluding hydrogens is 364 g/mol. The highest BCUT2D eigenvalue weighted by atomic mass is 79.9. The first-order valence-electron chi connectivity index (χ1n) is 6.58. The van der Waals surface area contributed by atoms with E-state index >= 15 is 0 Å². The zero-order valence-electron chi connectivity index (χ0n) is 12.0. The zero-order chi connectivity index (χ0) is 15.7. The summed E-state index contributed by atoms with van der Waals surface area (Å²) in [7, 11) is 1.36. The van der Waals surface area contributed by atoms with E-state index in [1.807, 2.05) is 31.2 Å². The van der Waals surface area contributed by atoms with Gasteiger partial charge < -0.3 is 4.74 Å². The molecule has 0 amide bonds. The quantitative estimate of drug-likeness (QED) is 0.633. The molecule has 22 heavy (non-hydrogen) atoms. The van der Waals surface area contributed by atoms with Gasteiger partial charge in [-0.2, -0.15) is 5.10 Å². The number of aromatic nitrogens is 2. The fourth-order valence-electron chi connectivity index (χ4n) is 2.11. The average Bonchev–Trinajstić information content (AvgIpc) is 3.13. The van der Waals surface area contributed by atoms with Crippen LogP contribution in [0, 0.1) is 6.92 Å². The van der Waals surface area contributed by atoms with Crippen LogP contribution in [0.3, 0.4) is 0 Å². The van der Waals surface area contributed by atoms with Gasteiger partial charge in [-0.3, -0.25) is 0 Å². The number of hydrogen-bond acceptors (Lipinski definition) is 4. The van der Waals surface area contributed by atoms with E-state index in [0.717, 1.165) is 20.7 Å². The topological polar surface area (TPSA) is 44.1 Å². The van der Waals surface area contributed by atoms with Gasteiger partial charge in [-0.1, -0.05) is 15.9 Å². The number of carbonyl (C=O) groups excluding carboxylic acids is 1. The number of hydrogen-bond donors (Lipinski definition) is 0. The van der Waals surface area contributed by atoms with Crippen LogP contribution in [-0.2, 0) is 4.74 Å². The highest BCUT2D eigenvalue weighted by molar-refractivity contribution is 9.10. The number of esters is 1. The third-order valence-electron chi connectivity index (χ3n) is 3.16.